The van der Waals surface area contributed by atoms with Gasteiger partial charge in [0.05, 0.1) is 0 Å². The molecule has 112 valence electrons. The van der Waals surface area contributed by atoms with Crippen molar-refractivity contribution in [1.29, 1.82) is 0 Å². The number of hydrogen-bond acceptors (Lipinski definition) is 4. The highest BCUT2D eigenvalue weighted by Gasteiger charge is 2.20. The van der Waals surface area contributed by atoms with Gasteiger partial charge >= 0.3 is 0 Å². The van der Waals surface area contributed by atoms with E-state index >= 15 is 0 Å². The van der Waals surface area contributed by atoms with Gasteiger partial charge in [0.15, 0.2) is 0 Å². The molecule has 2 fully saturated rings. The fourth-order valence-electron chi connectivity index (χ4n) is 2.80. The van der Waals surface area contributed by atoms with Gasteiger partial charge in [-0.05, 0) is 58.0 Å². The zero-order chi connectivity index (χ0) is 13.8. The van der Waals surface area contributed by atoms with E-state index in [0.29, 0.717) is 0 Å². The lowest BCUT2D eigenvalue weighted by Gasteiger charge is -2.20. The van der Waals surface area contributed by atoms with Crippen LogP contribution in [0.5, 0.6) is 0 Å². The largest absolute Gasteiger partial charge is 0.309 e. The Bertz CT molecular complexity index is 408. The molecule has 2 aliphatic rings. The SMILES string of the molecule is CN(CCN1CCCC1)Cc1ccc(CNC2CC2)s1. The summed E-state index contributed by atoms with van der Waals surface area (Å²) in [4.78, 5) is 8.04. The summed E-state index contributed by atoms with van der Waals surface area (Å²) >= 11 is 1.97. The van der Waals surface area contributed by atoms with E-state index in [-0.39, 0.29) is 0 Å². The molecular weight excluding hydrogens is 266 g/mol. The Morgan fingerprint density at radius 2 is 2.00 bits per heavy atom. The highest BCUT2D eigenvalue weighted by molar-refractivity contribution is 7.11. The van der Waals surface area contributed by atoms with Crippen LogP contribution in [0.15, 0.2) is 12.1 Å². The smallest absolute Gasteiger partial charge is 0.0325 e. The first kappa shape index (κ1) is 14.5. The molecule has 0 unspecified atom stereocenters. The summed E-state index contributed by atoms with van der Waals surface area (Å²) in [6, 6.07) is 5.41. The van der Waals surface area contributed by atoms with E-state index in [1.807, 2.05) is 11.3 Å². The number of thiophene rings is 1. The van der Waals surface area contributed by atoms with E-state index in [2.05, 4.69) is 34.3 Å². The quantitative estimate of drug-likeness (QED) is 0.794. The normalized spacial score (nSPS) is 20.1. The molecule has 0 atom stereocenters. The zero-order valence-electron chi connectivity index (χ0n) is 12.6. The Kier molecular flexibility index (Phi) is 5.10. The van der Waals surface area contributed by atoms with Crippen LogP contribution in [0.1, 0.15) is 35.4 Å². The summed E-state index contributed by atoms with van der Waals surface area (Å²) in [6.07, 6.45) is 5.53. The average molecular weight is 293 g/mol. The molecule has 1 aromatic rings. The maximum atomic E-state index is 3.59. The van der Waals surface area contributed by atoms with Crippen molar-refractivity contribution in [3.05, 3.63) is 21.9 Å². The molecule has 0 radical (unpaired) electrons. The van der Waals surface area contributed by atoms with E-state index in [4.69, 9.17) is 0 Å². The van der Waals surface area contributed by atoms with Crippen LogP contribution in [-0.2, 0) is 13.1 Å². The van der Waals surface area contributed by atoms with Crippen LogP contribution in [0.4, 0.5) is 0 Å². The molecule has 1 aliphatic carbocycles. The lowest BCUT2D eigenvalue weighted by molar-refractivity contribution is 0.253. The molecular formula is C16H27N3S. The van der Waals surface area contributed by atoms with Crippen molar-refractivity contribution in [1.82, 2.24) is 15.1 Å². The van der Waals surface area contributed by atoms with Crippen molar-refractivity contribution in [2.45, 2.75) is 44.8 Å². The van der Waals surface area contributed by atoms with Crippen LogP contribution in [0, 0.1) is 0 Å². The first-order chi connectivity index (χ1) is 9.79. The molecule has 0 bridgehead atoms. The summed E-state index contributed by atoms with van der Waals surface area (Å²) < 4.78 is 0. The fourth-order valence-corrected chi connectivity index (χ4v) is 3.85. The highest BCUT2D eigenvalue weighted by atomic mass is 32.1. The van der Waals surface area contributed by atoms with Gasteiger partial charge in [-0.2, -0.15) is 0 Å². The summed E-state index contributed by atoms with van der Waals surface area (Å²) in [6.45, 7) is 7.20. The van der Waals surface area contributed by atoms with Crippen molar-refractivity contribution < 1.29 is 0 Å². The summed E-state index contributed by atoms with van der Waals surface area (Å²) in [5.41, 5.74) is 0. The second kappa shape index (κ2) is 7.03. The van der Waals surface area contributed by atoms with Crippen molar-refractivity contribution in [2.24, 2.45) is 0 Å². The first-order valence-corrected chi connectivity index (χ1v) is 8.83. The van der Waals surface area contributed by atoms with Crippen molar-refractivity contribution in [3.8, 4) is 0 Å². The fraction of sp³-hybridized carbons (Fsp3) is 0.750. The Hall–Kier alpha value is -0.420. The Morgan fingerprint density at radius 1 is 1.25 bits per heavy atom. The number of rotatable bonds is 8. The minimum Gasteiger partial charge on any atom is -0.309 e. The molecule has 0 spiro atoms. The van der Waals surface area contributed by atoms with Crippen molar-refractivity contribution in [3.63, 3.8) is 0 Å². The number of nitrogens with one attached hydrogen (secondary N) is 1. The maximum Gasteiger partial charge on any atom is 0.0325 e. The summed E-state index contributed by atoms with van der Waals surface area (Å²) in [5.74, 6) is 0. The summed E-state index contributed by atoms with van der Waals surface area (Å²) in [7, 11) is 2.25. The predicted octanol–water partition coefficient (Wildman–Crippen LogP) is 2.53. The average Bonchev–Trinajstić information content (AvgIpc) is 2.94. The molecule has 20 heavy (non-hydrogen) atoms. The molecule has 4 heteroatoms. The molecule has 1 saturated heterocycles. The van der Waals surface area contributed by atoms with Crippen molar-refractivity contribution >= 4 is 11.3 Å². The second-order valence-corrected chi connectivity index (χ2v) is 7.56. The van der Waals surface area contributed by atoms with E-state index < -0.39 is 0 Å². The lowest BCUT2D eigenvalue weighted by atomic mass is 10.4. The van der Waals surface area contributed by atoms with Crippen LogP contribution in [0.2, 0.25) is 0 Å². The van der Waals surface area contributed by atoms with Gasteiger partial charge in [0.1, 0.15) is 0 Å². The minimum absolute atomic E-state index is 0.809. The predicted molar refractivity (Wildman–Crippen MR) is 86.2 cm³/mol. The Balaban J connectivity index is 1.37. The van der Waals surface area contributed by atoms with E-state index in [1.165, 1.54) is 61.6 Å². The number of likely N-dealkylation sites (N-methyl/N-ethyl adjacent to an activating group) is 1. The summed E-state index contributed by atoms with van der Waals surface area (Å²) in [5, 5.41) is 3.59. The molecule has 1 N–H and O–H groups in total. The van der Waals surface area contributed by atoms with Crippen LogP contribution < -0.4 is 5.32 Å². The maximum absolute atomic E-state index is 3.59. The monoisotopic (exact) mass is 293 g/mol. The molecule has 0 amide bonds. The molecule has 1 aromatic heterocycles. The molecule has 0 aromatic carbocycles. The number of likely N-dealkylation sites (tertiary alicyclic amines) is 1. The highest BCUT2D eigenvalue weighted by Crippen LogP contribution is 2.22. The van der Waals surface area contributed by atoms with E-state index in [1.54, 1.807) is 0 Å². The Labute approximate surface area is 127 Å². The minimum atomic E-state index is 0.809. The third kappa shape index (κ3) is 4.55. The van der Waals surface area contributed by atoms with Gasteiger partial charge in [-0.3, -0.25) is 0 Å². The van der Waals surface area contributed by atoms with Crippen LogP contribution >= 0.6 is 11.3 Å². The van der Waals surface area contributed by atoms with Gasteiger partial charge in [0, 0.05) is 42.0 Å². The van der Waals surface area contributed by atoms with Crippen LogP contribution in [-0.4, -0.2) is 49.1 Å². The third-order valence-electron chi connectivity index (χ3n) is 4.28. The Morgan fingerprint density at radius 3 is 2.75 bits per heavy atom. The van der Waals surface area contributed by atoms with Crippen LogP contribution in [0.3, 0.4) is 0 Å². The topological polar surface area (TPSA) is 18.5 Å². The van der Waals surface area contributed by atoms with Gasteiger partial charge in [-0.25, -0.2) is 0 Å². The van der Waals surface area contributed by atoms with Crippen molar-refractivity contribution in [2.75, 3.05) is 33.2 Å². The second-order valence-electron chi connectivity index (χ2n) is 6.31. The molecule has 3 rings (SSSR count). The van der Waals surface area contributed by atoms with Gasteiger partial charge in [0.2, 0.25) is 0 Å². The lowest BCUT2D eigenvalue weighted by Crippen LogP contribution is -2.30. The molecule has 1 saturated carbocycles. The molecule has 3 nitrogen and oxygen atoms in total. The van der Waals surface area contributed by atoms with E-state index in [9.17, 15) is 0 Å². The van der Waals surface area contributed by atoms with Gasteiger partial charge in [-0.15, -0.1) is 11.3 Å². The first-order valence-electron chi connectivity index (χ1n) is 8.01. The van der Waals surface area contributed by atoms with Gasteiger partial charge in [0.25, 0.3) is 0 Å². The zero-order valence-corrected chi connectivity index (χ0v) is 13.4. The van der Waals surface area contributed by atoms with Gasteiger partial charge in [-0.1, -0.05) is 0 Å². The van der Waals surface area contributed by atoms with Gasteiger partial charge < -0.3 is 15.1 Å². The number of nitrogens with zero attached hydrogens (tertiary/aromatic N) is 2. The van der Waals surface area contributed by atoms with E-state index in [0.717, 1.165) is 19.1 Å². The number of hydrogen-bond donors (Lipinski definition) is 1. The molecule has 1 aliphatic heterocycles. The standard InChI is InChI=1S/C16H27N3S/c1-18(10-11-19-8-2-3-9-19)13-16-7-6-15(20-16)12-17-14-4-5-14/h6-7,14,17H,2-5,8-13H2,1H3. The molecule has 2 heterocycles. The third-order valence-corrected chi connectivity index (χ3v) is 5.35. The van der Waals surface area contributed by atoms with Crippen LogP contribution in [0.25, 0.3) is 0 Å².